The number of rotatable bonds is 31. The minimum Gasteiger partial charge on any atom is -0.497 e. The number of pyridine rings is 2. The van der Waals surface area contributed by atoms with Gasteiger partial charge in [-0.25, -0.2) is 26.8 Å². The third-order valence-electron chi connectivity index (χ3n) is 17.8. The number of allylic oxidation sites excluding steroid dienone is 1. The van der Waals surface area contributed by atoms with Gasteiger partial charge < -0.3 is 44.0 Å². The van der Waals surface area contributed by atoms with Gasteiger partial charge in [0.15, 0.2) is 0 Å². The first kappa shape index (κ1) is 90.9. The lowest BCUT2D eigenvalue weighted by Gasteiger charge is -2.25. The van der Waals surface area contributed by atoms with Gasteiger partial charge in [0, 0.05) is 69.3 Å². The van der Waals surface area contributed by atoms with Gasteiger partial charge in [0.1, 0.15) is 50.6 Å². The van der Waals surface area contributed by atoms with Crippen LogP contribution in [0.25, 0.3) is 22.3 Å². The fourth-order valence-corrected chi connectivity index (χ4v) is 14.4. The molecule has 0 bridgehead atoms. The number of nitriles is 2. The van der Waals surface area contributed by atoms with Gasteiger partial charge in [-0.15, -0.1) is 0 Å². The summed E-state index contributed by atoms with van der Waals surface area (Å²) in [4.78, 5) is 37.6. The molecule has 9 aromatic rings. The Hall–Kier alpha value is -11.3. The molecule has 0 atom stereocenters. The minimum absolute atomic E-state index is 0.0273. The molecule has 0 saturated heterocycles. The fourth-order valence-electron chi connectivity index (χ4n) is 11.8. The van der Waals surface area contributed by atoms with Gasteiger partial charge in [-0.05, 0) is 233 Å². The summed E-state index contributed by atoms with van der Waals surface area (Å²) in [5, 5.41) is 33.2. The molecular weight excluding hydrogens is 1500 g/mol. The molecule has 0 unspecified atom stereocenters. The average molecular weight is 1610 g/mol. The zero-order chi connectivity index (χ0) is 84.8. The van der Waals surface area contributed by atoms with E-state index in [2.05, 4.69) is 32.2 Å². The molecule has 9 rings (SSSR count). The van der Waals surface area contributed by atoms with Gasteiger partial charge in [0.25, 0.3) is 0 Å². The van der Waals surface area contributed by atoms with Crippen molar-refractivity contribution < 1.29 is 69.1 Å². The number of nitrogens with two attached hydrogens (primary N) is 1. The highest BCUT2D eigenvalue weighted by Gasteiger charge is 2.33. The number of carbonyl (C=O) groups excluding carboxylic acids is 2. The normalized spacial score (nSPS) is 12.1. The van der Waals surface area contributed by atoms with Gasteiger partial charge in [-0.1, -0.05) is 76.2 Å². The number of hydrogen-bond acceptors (Lipinski definition) is 21. The quantitative estimate of drug-likeness (QED) is 0.0232. The van der Waals surface area contributed by atoms with E-state index in [0.717, 1.165) is 56.3 Å². The smallest absolute Gasteiger partial charge is 0.310 e. The number of halogens is 1. The van der Waals surface area contributed by atoms with Crippen LogP contribution in [0.5, 0.6) is 28.9 Å². The number of methoxy groups -OCH3 is 4. The van der Waals surface area contributed by atoms with E-state index in [1.807, 2.05) is 144 Å². The monoisotopic (exact) mass is 1610 g/mol. The highest BCUT2D eigenvalue weighted by atomic mass is 32.2. The molecule has 115 heavy (non-hydrogen) atoms. The summed E-state index contributed by atoms with van der Waals surface area (Å²) < 4.78 is 112. The van der Waals surface area contributed by atoms with E-state index in [1.54, 1.807) is 132 Å². The molecule has 0 fully saturated rings. The van der Waals surface area contributed by atoms with Crippen molar-refractivity contribution >= 4 is 38.2 Å². The molecule has 24 nitrogen and oxygen atoms in total. The first-order chi connectivity index (χ1) is 54.2. The Balaban J connectivity index is 0.000000265. The molecule has 3 heterocycles. The third kappa shape index (κ3) is 26.4. The van der Waals surface area contributed by atoms with Crippen LogP contribution in [0.4, 0.5) is 4.39 Å². The lowest BCUT2D eigenvalue weighted by molar-refractivity contribution is -0.155. The number of ether oxygens (including phenoxy) is 7. The number of aliphatic hydroxyl groups is 1. The lowest BCUT2D eigenvalue weighted by Crippen LogP contribution is -2.34. The predicted molar refractivity (Wildman–Crippen MR) is 442 cm³/mol. The maximum absolute atomic E-state index is 14.3. The molecular formula is C88H105FN10O14S2. The summed E-state index contributed by atoms with van der Waals surface area (Å²) in [6.45, 7) is 26.4. The second-order valence-corrected chi connectivity index (χ2v) is 34.8. The van der Waals surface area contributed by atoms with Crippen LogP contribution in [0, 0.1) is 28.6 Å². The van der Waals surface area contributed by atoms with Crippen LogP contribution >= 0.6 is 0 Å². The van der Waals surface area contributed by atoms with Crippen molar-refractivity contribution in [3.8, 4) is 63.3 Å². The van der Waals surface area contributed by atoms with Crippen molar-refractivity contribution in [2.75, 3.05) is 41.7 Å². The molecule has 3 aromatic heterocycles. The summed E-state index contributed by atoms with van der Waals surface area (Å²) in [5.74, 6) is 1.80. The van der Waals surface area contributed by atoms with E-state index in [4.69, 9.17) is 38.9 Å². The molecule has 0 spiro atoms. The van der Waals surface area contributed by atoms with Crippen LogP contribution in [-0.2, 0) is 83.7 Å². The van der Waals surface area contributed by atoms with E-state index in [-0.39, 0.29) is 85.8 Å². The van der Waals surface area contributed by atoms with Crippen LogP contribution in [0.15, 0.2) is 191 Å². The second-order valence-electron chi connectivity index (χ2n) is 31.0. The van der Waals surface area contributed by atoms with E-state index in [0.29, 0.717) is 56.7 Å². The second kappa shape index (κ2) is 40.1. The first-order valence-corrected chi connectivity index (χ1v) is 40.0. The summed E-state index contributed by atoms with van der Waals surface area (Å²) in [6.07, 6.45) is 8.14. The van der Waals surface area contributed by atoms with Crippen LogP contribution in [-0.4, -0.2) is 127 Å². The Morgan fingerprint density at radius 3 is 1.33 bits per heavy atom. The van der Waals surface area contributed by atoms with Crippen molar-refractivity contribution in [1.82, 2.24) is 28.4 Å². The number of carbonyl (C=O) groups is 2. The number of sulfonamides is 2. The van der Waals surface area contributed by atoms with Crippen molar-refractivity contribution in [3.05, 3.63) is 243 Å². The molecule has 0 aliphatic carbocycles. The summed E-state index contributed by atoms with van der Waals surface area (Å²) in [6, 6.07) is 46.9. The Labute approximate surface area is 676 Å². The molecule has 6 aromatic carbocycles. The molecule has 0 amide bonds. The van der Waals surface area contributed by atoms with Gasteiger partial charge >= 0.3 is 11.9 Å². The Bertz CT molecular complexity index is 5080. The maximum Gasteiger partial charge on any atom is 0.310 e. The number of hydrogen-bond donors (Lipinski definition) is 2. The molecule has 0 radical (unpaired) electrons. The first-order valence-electron chi connectivity index (χ1n) is 37.1. The van der Waals surface area contributed by atoms with E-state index >= 15 is 0 Å². The number of aliphatic imine (C=N–C) groups is 1. The van der Waals surface area contributed by atoms with E-state index < -0.39 is 48.3 Å². The number of aliphatic hydroxyl groups excluding tert-OH is 1. The van der Waals surface area contributed by atoms with Crippen molar-refractivity contribution in [1.29, 1.82) is 10.5 Å². The molecule has 0 aliphatic rings. The summed E-state index contributed by atoms with van der Waals surface area (Å²) >= 11 is 0. The van der Waals surface area contributed by atoms with E-state index in [9.17, 15) is 46.4 Å². The zero-order valence-corrected chi connectivity index (χ0v) is 70.3. The molecule has 0 aliphatic heterocycles. The van der Waals surface area contributed by atoms with Crippen LogP contribution in [0.2, 0.25) is 0 Å². The van der Waals surface area contributed by atoms with Gasteiger partial charge in [0.2, 0.25) is 31.9 Å². The topological polar surface area (TPSA) is 323 Å². The summed E-state index contributed by atoms with van der Waals surface area (Å²) in [5.41, 5.74) is 12.8. The molecule has 610 valence electrons. The van der Waals surface area contributed by atoms with Gasteiger partial charge in [-0.2, -0.15) is 28.6 Å². The number of aromatic nitrogens is 4. The standard InChI is InChI=1S/C44H51N5O7S.C23H31N3O5S.C21H23FN2O2/c1-30(2)38-20-33(24-45)21-39(40(38)23-42(50)56-43(3,4)5)34-18-19-46-41(22-34)55-29-44(6,7)49-28-37(25-47-49)57(51,52)48(26-31-10-14-35(53-8)15-11-31)27-32-12-16-36(54-9)17-13-32;1-23(2,17-27)25-14-22(13-24)32(28,29)26(15-18-5-9-20(30-3)10-6-18)16-19-7-11-21(31-4)12-8-19;1-13(2)16-8-14(12-23)9-17(15-6-7-24-19(22)10-15)18(16)11-20(25)26-21(3,4)5/h10-22,25,28,30H,23,26-27,29H2,1-9H3;5-14,27H,15-17,24H2,1-4H3;6-10,13H,11H2,1-5H3. The SMILES string of the molecule is CC(C)c1cc(C#N)cc(-c2ccnc(F)c2)c1CC(=O)OC(C)(C)C.COc1ccc(CN(Cc2ccc(OC)cc2)S(=O)(=O)C(C=NC(C)(C)CO)=CN)cc1.COc1ccc(CN(Cc2ccc(OC)cc2)S(=O)(=O)c2cnn(C(C)(C)COc3cc(-c4cc(C#N)cc(C(C)C)c4CC(=O)OC(C)(C)C)ccn3)c2)cc1. The molecule has 27 heteroatoms. The summed E-state index contributed by atoms with van der Waals surface area (Å²) in [7, 11) is -1.72. The lowest BCUT2D eigenvalue weighted by atomic mass is 9.87. The predicted octanol–water partition coefficient (Wildman–Crippen LogP) is 15.5. The molecule has 0 saturated carbocycles. The molecule has 3 N–H and O–H groups in total. The zero-order valence-electron chi connectivity index (χ0n) is 68.7. The van der Waals surface area contributed by atoms with Gasteiger partial charge in [0.05, 0.1) is 88.4 Å². The Morgan fingerprint density at radius 1 is 0.583 bits per heavy atom. The largest absolute Gasteiger partial charge is 0.497 e. The maximum atomic E-state index is 14.3. The van der Waals surface area contributed by atoms with Crippen LogP contribution in [0.1, 0.15) is 164 Å². The highest BCUT2D eigenvalue weighted by molar-refractivity contribution is 7.93. The van der Waals surface area contributed by atoms with Gasteiger partial charge in [-0.3, -0.25) is 19.3 Å². The highest BCUT2D eigenvalue weighted by Crippen LogP contribution is 2.37. The third-order valence-corrected chi connectivity index (χ3v) is 21.3. The number of benzene rings is 6. The fraction of sp³-hybridized carbons (Fsp3) is 0.364. The van der Waals surface area contributed by atoms with Crippen molar-refractivity contribution in [3.63, 3.8) is 0 Å². The Kier molecular flexibility index (Phi) is 31.7. The number of esters is 2. The van der Waals surface area contributed by atoms with Crippen LogP contribution in [0.3, 0.4) is 0 Å². The van der Waals surface area contributed by atoms with Crippen LogP contribution < -0.4 is 29.4 Å². The minimum atomic E-state index is -4.03. The van der Waals surface area contributed by atoms with Crippen molar-refractivity contribution in [2.24, 2.45) is 10.7 Å². The number of nitrogens with zero attached hydrogens (tertiary/aromatic N) is 9. The van der Waals surface area contributed by atoms with Crippen molar-refractivity contribution in [2.45, 2.75) is 175 Å². The van der Waals surface area contributed by atoms with E-state index in [1.165, 1.54) is 39.5 Å². The Morgan fingerprint density at radius 2 is 0.974 bits per heavy atom. The average Bonchev–Trinajstić information content (AvgIpc) is 1.78.